The molecule has 0 radical (unpaired) electrons. The van der Waals surface area contributed by atoms with Gasteiger partial charge in [0.05, 0.1) is 0 Å². The van der Waals surface area contributed by atoms with Gasteiger partial charge < -0.3 is 10.2 Å². The summed E-state index contributed by atoms with van der Waals surface area (Å²) in [6, 6.07) is 12.7. The summed E-state index contributed by atoms with van der Waals surface area (Å²) in [4.78, 5) is 0. The number of hydrogen-bond donors (Lipinski definition) is 2. The van der Waals surface area contributed by atoms with Crippen molar-refractivity contribution >= 4 is 23.2 Å². The summed E-state index contributed by atoms with van der Waals surface area (Å²) >= 11 is 11.0. The van der Waals surface area contributed by atoms with Crippen LogP contribution < -0.4 is 0 Å². The monoisotopic (exact) mass is 476 g/mol. The van der Waals surface area contributed by atoms with Crippen molar-refractivity contribution in [3.05, 3.63) is 107 Å². The molecule has 0 heterocycles. The molecule has 0 saturated heterocycles. The third-order valence-electron chi connectivity index (χ3n) is 2.82. The third kappa shape index (κ3) is 15.2. The zero-order valence-corrected chi connectivity index (χ0v) is 18.6. The van der Waals surface area contributed by atoms with Gasteiger partial charge in [0.25, 0.3) is 0 Å². The van der Waals surface area contributed by atoms with E-state index in [2.05, 4.69) is 24.3 Å². The Balaban J connectivity index is 0.000000337. The minimum atomic E-state index is 0. The van der Waals surface area contributed by atoms with Gasteiger partial charge >= 0.3 is 26.2 Å². The van der Waals surface area contributed by atoms with E-state index in [0.29, 0.717) is 10.0 Å². The number of aromatic hydroxyl groups is 2. The maximum absolute atomic E-state index is 8.70. The number of rotatable bonds is 0. The Hall–Kier alpha value is -1.54. The van der Waals surface area contributed by atoms with Crippen molar-refractivity contribution in [3.63, 3.8) is 0 Å². The summed E-state index contributed by atoms with van der Waals surface area (Å²) in [5.74, 6) is 0.490. The molecule has 0 saturated carbocycles. The number of hydrogen-bond acceptors (Lipinski definition) is 2. The van der Waals surface area contributed by atoms with Crippen molar-refractivity contribution in [1.82, 2.24) is 0 Å². The zero-order chi connectivity index (χ0) is 19.0. The van der Waals surface area contributed by atoms with Crippen molar-refractivity contribution in [3.8, 4) is 11.5 Å². The number of phenols is 2. The molecule has 0 spiro atoms. The van der Waals surface area contributed by atoms with Crippen molar-refractivity contribution in [2.24, 2.45) is 0 Å². The molecule has 0 unspecified atom stereocenters. The fourth-order valence-corrected chi connectivity index (χ4v) is 1.81. The summed E-state index contributed by atoms with van der Waals surface area (Å²) in [5, 5.41) is 18.7. The van der Waals surface area contributed by atoms with Gasteiger partial charge in [-0.25, -0.2) is 24.3 Å². The van der Waals surface area contributed by atoms with Gasteiger partial charge in [0.2, 0.25) is 0 Å². The first-order valence-electron chi connectivity index (χ1n) is 7.90. The molecular weight excluding hydrogens is 458 g/mol. The molecule has 2 nitrogen and oxygen atoms in total. The van der Waals surface area contributed by atoms with Crippen LogP contribution in [0.3, 0.4) is 0 Å². The second kappa shape index (κ2) is 16.6. The summed E-state index contributed by atoms with van der Waals surface area (Å²) in [7, 11) is 0. The zero-order valence-electron chi connectivity index (χ0n) is 14.6. The summed E-state index contributed by atoms with van der Waals surface area (Å²) in [5.41, 5.74) is 0. The van der Waals surface area contributed by atoms with E-state index in [1.165, 1.54) is 0 Å². The fraction of sp³-hybridized carbons (Fsp3) is 0.0909. The van der Waals surface area contributed by atoms with Crippen molar-refractivity contribution < 1.29 is 36.4 Å². The fourth-order valence-electron chi connectivity index (χ4n) is 1.56. The van der Waals surface area contributed by atoms with Gasteiger partial charge in [-0.05, 0) is 48.5 Å². The van der Waals surface area contributed by atoms with Crippen LogP contribution in [-0.4, -0.2) is 10.2 Å². The summed E-state index contributed by atoms with van der Waals surface area (Å²) < 4.78 is 0. The minimum absolute atomic E-state index is 0. The summed E-state index contributed by atoms with van der Waals surface area (Å²) in [6.07, 6.45) is 20.0. The van der Waals surface area contributed by atoms with Crippen LogP contribution >= 0.6 is 23.2 Å². The first-order chi connectivity index (χ1) is 12.6. The molecule has 0 bridgehead atoms. The van der Waals surface area contributed by atoms with Gasteiger partial charge in [0.1, 0.15) is 11.5 Å². The Morgan fingerprint density at radius 2 is 0.963 bits per heavy atom. The van der Waals surface area contributed by atoms with E-state index in [-0.39, 0.29) is 37.7 Å². The Kier molecular flexibility index (Phi) is 15.7. The van der Waals surface area contributed by atoms with E-state index in [1.54, 1.807) is 48.5 Å². The van der Waals surface area contributed by atoms with Gasteiger partial charge in [0, 0.05) is 10.0 Å². The van der Waals surface area contributed by atoms with Crippen molar-refractivity contribution in [2.45, 2.75) is 12.8 Å². The molecule has 2 aliphatic rings. The molecule has 4 rings (SSSR count). The standard InChI is InChI=1S/2C6H5ClO.2C5H5.Zr/c2*7-5-1-3-6(8)4-2-5;2*1-2-4-5-3-1;/h2*1-4,8H;2*1-3H,4H2;/q;;2*-1;+2. The molecule has 0 atom stereocenters. The third-order valence-corrected chi connectivity index (χ3v) is 3.33. The number of benzene rings is 2. The molecule has 2 aromatic carbocycles. The summed E-state index contributed by atoms with van der Waals surface area (Å²) in [6.45, 7) is 0. The van der Waals surface area contributed by atoms with Crippen molar-refractivity contribution in [1.29, 1.82) is 0 Å². The molecule has 138 valence electrons. The normalized spacial score (nSPS) is 11.9. The van der Waals surface area contributed by atoms with Crippen molar-refractivity contribution in [2.75, 3.05) is 0 Å². The van der Waals surface area contributed by atoms with Crippen LogP contribution in [0, 0.1) is 12.2 Å². The molecule has 2 aliphatic carbocycles. The molecule has 0 fully saturated rings. The Morgan fingerprint density at radius 3 is 1.11 bits per heavy atom. The second-order valence-electron chi connectivity index (χ2n) is 4.96. The van der Waals surface area contributed by atoms with Crippen LogP contribution in [0.2, 0.25) is 10.0 Å². The average Bonchev–Trinajstić information content (AvgIpc) is 3.39. The van der Waals surface area contributed by atoms with Crippen LogP contribution in [0.15, 0.2) is 85.0 Å². The first-order valence-corrected chi connectivity index (χ1v) is 8.66. The maximum atomic E-state index is 8.70. The first kappa shape index (κ1) is 25.5. The molecule has 0 amide bonds. The molecular formula is C22H20Cl2O2Zr. The maximum Gasteiger partial charge on any atom is 2.00 e. The van der Waals surface area contributed by atoms with Crippen LogP contribution in [0.1, 0.15) is 12.8 Å². The van der Waals surface area contributed by atoms with Crippen LogP contribution in [0.25, 0.3) is 0 Å². The quantitative estimate of drug-likeness (QED) is 0.414. The molecule has 0 aliphatic heterocycles. The molecule has 5 heteroatoms. The minimum Gasteiger partial charge on any atom is -0.508 e. The van der Waals surface area contributed by atoms with E-state index >= 15 is 0 Å². The topological polar surface area (TPSA) is 40.5 Å². The molecule has 0 aromatic heterocycles. The molecule has 27 heavy (non-hydrogen) atoms. The Morgan fingerprint density at radius 1 is 0.630 bits per heavy atom. The molecule has 2 aromatic rings. The van der Waals surface area contributed by atoms with E-state index < -0.39 is 0 Å². The predicted molar refractivity (Wildman–Crippen MR) is 109 cm³/mol. The number of phenolic OH excluding ortho intramolecular Hbond substituents is 2. The van der Waals surface area contributed by atoms with Gasteiger partial charge in [-0.3, -0.25) is 12.2 Å². The van der Waals surface area contributed by atoms with E-state index in [0.717, 1.165) is 12.8 Å². The average molecular weight is 479 g/mol. The predicted octanol–water partition coefficient (Wildman–Crippen LogP) is 6.70. The van der Waals surface area contributed by atoms with E-state index in [1.807, 2.05) is 24.3 Å². The smallest absolute Gasteiger partial charge is 0.508 e. The van der Waals surface area contributed by atoms with Crippen LogP contribution in [0.5, 0.6) is 11.5 Å². The van der Waals surface area contributed by atoms with E-state index in [9.17, 15) is 0 Å². The van der Waals surface area contributed by atoms with Crippen LogP contribution in [0.4, 0.5) is 0 Å². The van der Waals surface area contributed by atoms with Gasteiger partial charge in [-0.15, -0.1) is 12.8 Å². The number of halogens is 2. The van der Waals surface area contributed by atoms with Gasteiger partial charge in [-0.1, -0.05) is 23.2 Å². The number of allylic oxidation sites excluding steroid dienone is 8. The van der Waals surface area contributed by atoms with Crippen LogP contribution in [-0.2, 0) is 26.2 Å². The Labute approximate surface area is 190 Å². The van der Waals surface area contributed by atoms with Gasteiger partial charge in [-0.2, -0.15) is 12.2 Å². The largest absolute Gasteiger partial charge is 2.00 e. The van der Waals surface area contributed by atoms with E-state index in [4.69, 9.17) is 33.4 Å². The molecule has 2 N–H and O–H groups in total. The second-order valence-corrected chi connectivity index (χ2v) is 5.83. The Bertz CT molecular complexity index is 606. The SMILES string of the molecule is Oc1ccc(Cl)cc1.Oc1ccc(Cl)cc1.[C-]1=CC=CC1.[C-]1=CC=CC1.[Zr+2]. The van der Waals surface area contributed by atoms with Gasteiger partial charge in [0.15, 0.2) is 0 Å².